The van der Waals surface area contributed by atoms with Crippen molar-refractivity contribution in [1.29, 1.82) is 0 Å². The van der Waals surface area contributed by atoms with Gasteiger partial charge in [0, 0.05) is 0 Å². The van der Waals surface area contributed by atoms with Gasteiger partial charge in [-0.05, 0) is 19.3 Å². The van der Waals surface area contributed by atoms with Crippen LogP contribution in [-0.2, 0) is 9.53 Å². The van der Waals surface area contributed by atoms with Gasteiger partial charge in [0.15, 0.2) is 0 Å². The van der Waals surface area contributed by atoms with Crippen molar-refractivity contribution in [3.05, 3.63) is 0 Å². The number of rotatable bonds is 5. The van der Waals surface area contributed by atoms with E-state index in [1.807, 2.05) is 0 Å². The van der Waals surface area contributed by atoms with Crippen molar-refractivity contribution in [3.8, 4) is 0 Å². The first-order valence-electron chi connectivity index (χ1n) is 4.83. The minimum atomic E-state index is -0.0517. The van der Waals surface area contributed by atoms with Gasteiger partial charge in [-0.3, -0.25) is 4.79 Å². The molecule has 0 atom stereocenters. The summed E-state index contributed by atoms with van der Waals surface area (Å²) in [6.07, 6.45) is 6.75. The van der Waals surface area contributed by atoms with Crippen molar-refractivity contribution in [2.24, 2.45) is 5.41 Å². The fraction of sp³-hybridized carbons (Fsp3) is 0.900. The summed E-state index contributed by atoms with van der Waals surface area (Å²) in [5, 5.41) is 0. The molecule has 2 heteroatoms. The zero-order valence-electron chi connectivity index (χ0n) is 8.06. The van der Waals surface area contributed by atoms with E-state index in [4.69, 9.17) is 4.74 Å². The van der Waals surface area contributed by atoms with E-state index < -0.39 is 0 Å². The normalized spacial score (nSPS) is 18.8. The number of hydrogen-bond acceptors (Lipinski definition) is 2. The Bertz CT molecular complexity index is 159. The third-order valence-electron chi connectivity index (χ3n) is 2.73. The number of ether oxygens (including phenoxy) is 1. The molecule has 1 rings (SSSR count). The zero-order chi connectivity index (χ0) is 9.03. The zero-order valence-corrected chi connectivity index (χ0v) is 8.06. The summed E-state index contributed by atoms with van der Waals surface area (Å²) in [5.41, 5.74) is -0.0517. The molecule has 0 aromatic heterocycles. The van der Waals surface area contributed by atoms with Crippen LogP contribution in [0.15, 0.2) is 0 Å². The first-order valence-corrected chi connectivity index (χ1v) is 4.83. The number of carbonyl (C=O) groups is 1. The second kappa shape index (κ2) is 3.92. The first kappa shape index (κ1) is 9.56. The average molecular weight is 170 g/mol. The molecule has 0 heterocycles. The molecule has 0 bridgehead atoms. The van der Waals surface area contributed by atoms with Gasteiger partial charge in [-0.15, -0.1) is 0 Å². The van der Waals surface area contributed by atoms with E-state index in [0.29, 0.717) is 0 Å². The molecule has 1 saturated carbocycles. The molecule has 0 aromatic carbocycles. The largest absolute Gasteiger partial charge is 0.469 e. The lowest BCUT2D eigenvalue weighted by molar-refractivity contribution is -0.147. The van der Waals surface area contributed by atoms with Crippen molar-refractivity contribution in [2.45, 2.75) is 45.4 Å². The monoisotopic (exact) mass is 170 g/mol. The van der Waals surface area contributed by atoms with Crippen LogP contribution in [-0.4, -0.2) is 13.1 Å². The van der Waals surface area contributed by atoms with Gasteiger partial charge in [-0.2, -0.15) is 0 Å². The number of hydrogen-bond donors (Lipinski definition) is 0. The molecule has 0 unspecified atom stereocenters. The molecule has 1 aliphatic carbocycles. The Kier molecular flexibility index (Phi) is 3.12. The fourth-order valence-electron chi connectivity index (χ4n) is 1.64. The summed E-state index contributed by atoms with van der Waals surface area (Å²) < 4.78 is 4.77. The van der Waals surface area contributed by atoms with E-state index in [-0.39, 0.29) is 11.4 Å². The van der Waals surface area contributed by atoms with Crippen molar-refractivity contribution in [3.63, 3.8) is 0 Å². The van der Waals surface area contributed by atoms with Crippen LogP contribution in [0.3, 0.4) is 0 Å². The van der Waals surface area contributed by atoms with Crippen LogP contribution in [0, 0.1) is 5.41 Å². The summed E-state index contributed by atoms with van der Waals surface area (Å²) in [7, 11) is 1.49. The third-order valence-corrected chi connectivity index (χ3v) is 2.73. The number of esters is 1. The van der Waals surface area contributed by atoms with Gasteiger partial charge < -0.3 is 4.74 Å². The van der Waals surface area contributed by atoms with Crippen LogP contribution in [0.4, 0.5) is 0 Å². The minimum Gasteiger partial charge on any atom is -0.469 e. The van der Waals surface area contributed by atoms with Gasteiger partial charge in [0.05, 0.1) is 12.5 Å². The van der Waals surface area contributed by atoms with E-state index >= 15 is 0 Å². The van der Waals surface area contributed by atoms with Gasteiger partial charge in [0.1, 0.15) is 0 Å². The van der Waals surface area contributed by atoms with Crippen LogP contribution < -0.4 is 0 Å². The van der Waals surface area contributed by atoms with Crippen molar-refractivity contribution in [1.82, 2.24) is 0 Å². The molecule has 0 radical (unpaired) electrons. The molecular formula is C10H18O2. The Morgan fingerprint density at radius 1 is 1.42 bits per heavy atom. The smallest absolute Gasteiger partial charge is 0.311 e. The predicted molar refractivity (Wildman–Crippen MR) is 47.8 cm³/mol. The predicted octanol–water partition coefficient (Wildman–Crippen LogP) is 2.52. The topological polar surface area (TPSA) is 26.3 Å². The molecule has 0 spiro atoms. The quantitative estimate of drug-likeness (QED) is 0.468. The molecule has 1 aliphatic rings. The number of unbranched alkanes of at least 4 members (excludes halogenated alkanes) is 2. The molecule has 12 heavy (non-hydrogen) atoms. The SMILES string of the molecule is CCCCCC1(C(=O)OC)CC1. The number of carbonyl (C=O) groups excluding carboxylic acids is 1. The van der Waals surface area contributed by atoms with E-state index in [2.05, 4.69) is 6.92 Å². The lowest BCUT2D eigenvalue weighted by Gasteiger charge is -2.11. The molecule has 0 saturated heterocycles. The average Bonchev–Trinajstić information content (AvgIpc) is 2.85. The molecular weight excluding hydrogens is 152 g/mol. The second-order valence-electron chi connectivity index (χ2n) is 3.73. The molecule has 0 amide bonds. The maximum Gasteiger partial charge on any atom is 0.311 e. The van der Waals surface area contributed by atoms with Gasteiger partial charge in [-0.25, -0.2) is 0 Å². The Balaban J connectivity index is 2.25. The van der Waals surface area contributed by atoms with Crippen molar-refractivity contribution < 1.29 is 9.53 Å². The summed E-state index contributed by atoms with van der Waals surface area (Å²) >= 11 is 0. The van der Waals surface area contributed by atoms with E-state index in [1.54, 1.807) is 0 Å². The summed E-state index contributed by atoms with van der Waals surface area (Å²) in [4.78, 5) is 11.3. The van der Waals surface area contributed by atoms with E-state index in [9.17, 15) is 4.79 Å². The lowest BCUT2D eigenvalue weighted by Crippen LogP contribution is -2.17. The Morgan fingerprint density at radius 2 is 2.08 bits per heavy atom. The highest BCUT2D eigenvalue weighted by Crippen LogP contribution is 2.50. The highest BCUT2D eigenvalue weighted by molar-refractivity contribution is 5.79. The molecule has 0 aromatic rings. The highest BCUT2D eigenvalue weighted by atomic mass is 16.5. The molecule has 0 N–H and O–H groups in total. The maximum absolute atomic E-state index is 11.3. The van der Waals surface area contributed by atoms with Gasteiger partial charge in [0.2, 0.25) is 0 Å². The van der Waals surface area contributed by atoms with E-state index in [1.165, 1.54) is 26.4 Å². The Morgan fingerprint density at radius 3 is 2.50 bits per heavy atom. The molecule has 0 aliphatic heterocycles. The lowest BCUT2D eigenvalue weighted by atomic mass is 9.99. The fourth-order valence-corrected chi connectivity index (χ4v) is 1.64. The van der Waals surface area contributed by atoms with E-state index in [0.717, 1.165) is 19.3 Å². The first-order chi connectivity index (χ1) is 5.75. The van der Waals surface area contributed by atoms with Crippen molar-refractivity contribution >= 4 is 5.97 Å². The standard InChI is InChI=1S/C10H18O2/c1-3-4-5-6-10(7-8-10)9(11)12-2/h3-8H2,1-2H3. The van der Waals surface area contributed by atoms with Gasteiger partial charge in [0.25, 0.3) is 0 Å². The van der Waals surface area contributed by atoms with Crippen LogP contribution in [0.1, 0.15) is 45.4 Å². The summed E-state index contributed by atoms with van der Waals surface area (Å²) in [5.74, 6) is 0.0126. The summed E-state index contributed by atoms with van der Waals surface area (Å²) in [6, 6.07) is 0. The minimum absolute atomic E-state index is 0.0126. The van der Waals surface area contributed by atoms with Crippen LogP contribution in [0.2, 0.25) is 0 Å². The summed E-state index contributed by atoms with van der Waals surface area (Å²) in [6.45, 7) is 2.18. The maximum atomic E-state index is 11.3. The van der Waals surface area contributed by atoms with Crippen LogP contribution in [0.5, 0.6) is 0 Å². The Labute approximate surface area is 74.3 Å². The van der Waals surface area contributed by atoms with Crippen LogP contribution in [0.25, 0.3) is 0 Å². The third kappa shape index (κ3) is 1.99. The van der Waals surface area contributed by atoms with Gasteiger partial charge in [-0.1, -0.05) is 26.2 Å². The van der Waals surface area contributed by atoms with Crippen molar-refractivity contribution in [2.75, 3.05) is 7.11 Å². The Hall–Kier alpha value is -0.530. The van der Waals surface area contributed by atoms with Gasteiger partial charge >= 0.3 is 5.97 Å². The molecule has 2 nitrogen and oxygen atoms in total. The highest BCUT2D eigenvalue weighted by Gasteiger charge is 2.49. The van der Waals surface area contributed by atoms with Crippen LogP contribution >= 0.6 is 0 Å². The molecule has 1 fully saturated rings. The second-order valence-corrected chi connectivity index (χ2v) is 3.73. The molecule has 70 valence electrons. The number of methoxy groups -OCH3 is 1.